The summed E-state index contributed by atoms with van der Waals surface area (Å²) in [6.07, 6.45) is 1.51. The number of ether oxygens (including phenoxy) is 1. The van der Waals surface area contributed by atoms with Crippen LogP contribution in [-0.2, 0) is 9.57 Å². The summed E-state index contributed by atoms with van der Waals surface area (Å²) in [7, 11) is 0. The fourth-order valence-corrected chi connectivity index (χ4v) is 2.50. The number of hydrogen-bond acceptors (Lipinski definition) is 5. The average molecular weight is 340 g/mol. The van der Waals surface area contributed by atoms with Crippen molar-refractivity contribution in [3.05, 3.63) is 83.9 Å². The maximum Gasteiger partial charge on any atom is 0.608 e. The highest BCUT2D eigenvalue weighted by molar-refractivity contribution is 5.89. The lowest BCUT2D eigenvalue weighted by molar-refractivity contribution is -0.899. The molecular weight excluding hydrogens is 322 g/mol. The Balaban J connectivity index is 1.60. The lowest BCUT2D eigenvalue weighted by atomic mass is 10.2. The van der Waals surface area contributed by atoms with Crippen molar-refractivity contribution < 1.29 is 29.8 Å². The largest absolute Gasteiger partial charge is 0.608 e. The Hall–Kier alpha value is -2.96. The van der Waals surface area contributed by atoms with Gasteiger partial charge in [-0.3, -0.25) is 9.57 Å². The van der Waals surface area contributed by atoms with E-state index in [2.05, 4.69) is 0 Å². The summed E-state index contributed by atoms with van der Waals surface area (Å²) in [5, 5.41) is 10.0. The zero-order valence-corrected chi connectivity index (χ0v) is 13.3. The first-order chi connectivity index (χ1) is 12.1. The summed E-state index contributed by atoms with van der Waals surface area (Å²) in [6.45, 7) is 0. The van der Waals surface area contributed by atoms with Gasteiger partial charge >= 0.3 is 11.9 Å². The van der Waals surface area contributed by atoms with Crippen LogP contribution in [0.3, 0.4) is 0 Å². The number of carbonyl (C=O) groups is 2. The molecule has 2 aromatic rings. The number of quaternary nitrogens is 1. The van der Waals surface area contributed by atoms with Crippen LogP contribution in [-0.4, -0.2) is 35.3 Å². The number of hydroxylamine groups is 1. The van der Waals surface area contributed by atoms with E-state index in [-0.39, 0.29) is 0 Å². The van der Waals surface area contributed by atoms with Crippen LogP contribution < -0.4 is 5.48 Å². The normalized spacial score (nSPS) is 21.7. The molecule has 0 amide bonds. The minimum atomic E-state index is -0.892. The molecule has 0 saturated heterocycles. The summed E-state index contributed by atoms with van der Waals surface area (Å²) < 4.78 is 5.41. The van der Waals surface area contributed by atoms with Gasteiger partial charge in [-0.05, 0) is 36.4 Å². The number of carbonyl (C=O) groups excluding carboxylic acids is 2. The quantitative estimate of drug-likeness (QED) is 0.364. The maximum atomic E-state index is 12.2. The molecule has 1 radical (unpaired) electrons. The highest BCUT2D eigenvalue weighted by Gasteiger charge is 2.44. The number of nitrogens with two attached hydrogens (primary N) is 1. The Labute approximate surface area is 144 Å². The molecule has 3 atom stereocenters. The van der Waals surface area contributed by atoms with Crippen molar-refractivity contribution >= 4 is 11.9 Å². The number of esters is 1. The molecule has 0 fully saturated rings. The van der Waals surface area contributed by atoms with Crippen LogP contribution in [0.5, 0.6) is 0 Å². The third kappa shape index (κ3) is 4.12. The molecule has 0 aromatic heterocycles. The topological polar surface area (TPSA) is 92.3 Å². The van der Waals surface area contributed by atoms with Crippen molar-refractivity contribution in [3.63, 3.8) is 0 Å². The monoisotopic (exact) mass is 340 g/mol. The third-order valence-corrected chi connectivity index (χ3v) is 3.87. The van der Waals surface area contributed by atoms with E-state index in [1.165, 1.54) is 11.6 Å². The number of aliphatic hydroxyl groups excluding tert-OH is 1. The first kappa shape index (κ1) is 16.9. The van der Waals surface area contributed by atoms with Crippen LogP contribution in [0, 0.1) is 0 Å². The summed E-state index contributed by atoms with van der Waals surface area (Å²) in [5.41, 5.74) is 2.04. The van der Waals surface area contributed by atoms with Gasteiger partial charge in [0.15, 0.2) is 0 Å². The molecule has 1 aliphatic rings. The number of hydrogen-bond donors (Lipinski definition) is 2. The van der Waals surface area contributed by atoms with E-state index in [0.717, 1.165) is 0 Å². The number of benzene rings is 2. The van der Waals surface area contributed by atoms with Crippen molar-refractivity contribution in [3.8, 4) is 0 Å². The average Bonchev–Trinajstić information content (AvgIpc) is 3.00. The van der Waals surface area contributed by atoms with E-state index in [9.17, 15) is 14.7 Å². The van der Waals surface area contributed by atoms with Gasteiger partial charge in [0, 0.05) is 0 Å². The van der Waals surface area contributed by atoms with Crippen molar-refractivity contribution in [2.45, 2.75) is 18.2 Å². The van der Waals surface area contributed by atoms with E-state index in [0.29, 0.717) is 11.1 Å². The highest BCUT2D eigenvalue weighted by atomic mass is 16.7. The molecule has 0 bridgehead atoms. The van der Waals surface area contributed by atoms with Gasteiger partial charge in [-0.25, -0.2) is 4.79 Å². The van der Waals surface area contributed by atoms with Crippen LogP contribution >= 0.6 is 0 Å². The Morgan fingerprint density at radius 2 is 1.56 bits per heavy atom. The van der Waals surface area contributed by atoms with Gasteiger partial charge < -0.3 is 5.11 Å². The first-order valence-corrected chi connectivity index (χ1v) is 7.87. The lowest BCUT2D eigenvalue weighted by Gasteiger charge is -2.14. The van der Waals surface area contributed by atoms with Crippen LogP contribution in [0.15, 0.2) is 72.8 Å². The van der Waals surface area contributed by atoms with E-state index in [4.69, 9.17) is 9.57 Å². The molecule has 6 heteroatoms. The minimum Gasteiger partial charge on any atom is -0.382 e. The summed E-state index contributed by atoms with van der Waals surface area (Å²) in [4.78, 5) is 29.3. The summed E-state index contributed by atoms with van der Waals surface area (Å²) in [5.74, 6) is -1.04. The first-order valence-electron chi connectivity index (χ1n) is 7.87. The van der Waals surface area contributed by atoms with Crippen LogP contribution in [0.4, 0.5) is 0 Å². The van der Waals surface area contributed by atoms with Crippen molar-refractivity contribution in [1.82, 2.24) is 0 Å². The molecule has 1 aliphatic carbocycles. The van der Waals surface area contributed by atoms with E-state index in [1.54, 1.807) is 66.7 Å². The van der Waals surface area contributed by atoms with Gasteiger partial charge in [0.2, 0.25) is 6.04 Å². The van der Waals surface area contributed by atoms with Crippen molar-refractivity contribution in [2.75, 3.05) is 0 Å². The van der Waals surface area contributed by atoms with Gasteiger partial charge in [0.05, 0.1) is 10.4 Å². The second kappa shape index (κ2) is 7.74. The fraction of sp³-hybridized carbons (Fsp3) is 0.158. The molecule has 3 N–H and O–H groups in total. The molecule has 3 rings (SSSR count). The molecule has 0 heterocycles. The molecular formula is C19H18NO5+2. The Morgan fingerprint density at radius 3 is 2.20 bits per heavy atom. The Bertz CT molecular complexity index is 760. The second-order valence-electron chi connectivity index (χ2n) is 5.60. The third-order valence-electron chi connectivity index (χ3n) is 3.87. The maximum absolute atomic E-state index is 12.2. The van der Waals surface area contributed by atoms with E-state index >= 15 is 0 Å². The SMILES string of the molecule is O=C(O[NH2+][C@@H]1[C@@H](O)C=C[C@H]1OC(=[O+])c1ccccc1)c1ccccc1. The minimum absolute atomic E-state index is 0.400. The van der Waals surface area contributed by atoms with E-state index in [1.807, 2.05) is 0 Å². The second-order valence-corrected chi connectivity index (χ2v) is 5.60. The van der Waals surface area contributed by atoms with Gasteiger partial charge in [-0.1, -0.05) is 36.4 Å². The summed E-state index contributed by atoms with van der Waals surface area (Å²) in [6, 6.07) is 16.4. The van der Waals surface area contributed by atoms with Crippen LogP contribution in [0.1, 0.15) is 20.7 Å². The van der Waals surface area contributed by atoms with Crippen LogP contribution in [0.25, 0.3) is 0 Å². The van der Waals surface area contributed by atoms with Gasteiger partial charge in [-0.15, -0.1) is 5.48 Å². The number of aliphatic hydroxyl groups is 1. The molecule has 0 unspecified atom stereocenters. The van der Waals surface area contributed by atoms with Gasteiger partial charge in [-0.2, -0.15) is 0 Å². The summed E-state index contributed by atoms with van der Waals surface area (Å²) >= 11 is 0. The van der Waals surface area contributed by atoms with Crippen LogP contribution in [0.2, 0.25) is 0 Å². The van der Waals surface area contributed by atoms with E-state index < -0.39 is 30.2 Å². The molecule has 2 aromatic carbocycles. The Morgan fingerprint density at radius 1 is 0.960 bits per heavy atom. The van der Waals surface area contributed by atoms with Gasteiger partial charge in [0.1, 0.15) is 11.7 Å². The fourth-order valence-electron chi connectivity index (χ4n) is 2.50. The molecule has 0 saturated carbocycles. The highest BCUT2D eigenvalue weighted by Crippen LogP contribution is 2.15. The smallest absolute Gasteiger partial charge is 0.382 e. The number of rotatable bonds is 5. The van der Waals surface area contributed by atoms with Crippen molar-refractivity contribution in [1.29, 1.82) is 0 Å². The molecule has 127 valence electrons. The predicted octanol–water partition coefficient (Wildman–Crippen LogP) is 0.847. The molecule has 0 spiro atoms. The van der Waals surface area contributed by atoms with Gasteiger partial charge in [0.25, 0.3) is 6.10 Å². The predicted molar refractivity (Wildman–Crippen MR) is 88.4 cm³/mol. The lowest BCUT2D eigenvalue weighted by Crippen LogP contribution is -2.93. The zero-order chi connectivity index (χ0) is 17.6. The molecule has 0 aliphatic heterocycles. The Kier molecular flexibility index (Phi) is 5.23. The zero-order valence-electron chi connectivity index (χ0n) is 13.3. The van der Waals surface area contributed by atoms with Crippen molar-refractivity contribution in [2.24, 2.45) is 0 Å². The standard InChI is InChI=1S/C19H17NO5/c21-15-11-12-16(24-18(22)13-7-3-1-4-8-13)17(15)20-25-19(23)14-9-5-2-6-10-14/h1-12,15-17,20-21H/q+1/p+1/t15-,16+,17+/m0/s1. The molecule has 25 heavy (non-hydrogen) atoms. The molecule has 6 nitrogen and oxygen atoms in total.